The Balaban J connectivity index is 1.41. The molecule has 2 heterocycles. The van der Waals surface area contributed by atoms with Crippen molar-refractivity contribution in [3.8, 4) is 5.69 Å². The number of carbonyl (C=O) groups excluding carboxylic acids is 1. The molecule has 3 aromatic rings. The molecule has 1 aromatic heterocycles. The van der Waals surface area contributed by atoms with Gasteiger partial charge in [-0.3, -0.25) is 4.79 Å². The van der Waals surface area contributed by atoms with E-state index in [1.807, 2.05) is 61.5 Å². The zero-order valence-corrected chi connectivity index (χ0v) is 16.3. The summed E-state index contributed by atoms with van der Waals surface area (Å²) in [6.07, 6.45) is 0. The summed E-state index contributed by atoms with van der Waals surface area (Å²) in [6.45, 7) is 4.50. The van der Waals surface area contributed by atoms with Gasteiger partial charge < -0.3 is 15.1 Å². The summed E-state index contributed by atoms with van der Waals surface area (Å²) in [5.74, 6) is 0.729. The Morgan fingerprint density at radius 1 is 0.897 bits per heavy atom. The third-order valence-corrected chi connectivity index (χ3v) is 4.98. The molecule has 2 amide bonds. The molecule has 1 saturated heterocycles. The highest BCUT2D eigenvalue weighted by Crippen LogP contribution is 2.15. The molecule has 0 radical (unpaired) electrons. The number of nitrogens with zero attached hydrogens (tertiary/aromatic N) is 4. The number of hydrogen-bond acceptors (Lipinski definition) is 4. The highest BCUT2D eigenvalue weighted by molar-refractivity contribution is 5.89. The van der Waals surface area contributed by atoms with Crippen molar-refractivity contribution >= 4 is 17.5 Å². The Hall–Kier alpha value is -3.61. The van der Waals surface area contributed by atoms with Gasteiger partial charge in [-0.05, 0) is 37.3 Å². The first-order valence-electron chi connectivity index (χ1n) is 9.63. The Kier molecular flexibility index (Phi) is 5.29. The minimum atomic E-state index is -0.170. The lowest BCUT2D eigenvalue weighted by Crippen LogP contribution is -2.50. The van der Waals surface area contributed by atoms with Crippen LogP contribution in [0.15, 0.2) is 71.5 Å². The standard InChI is InChI=1S/C22H23N5O2/c1-17-7-9-18(10-8-17)23-22(29)26-15-13-25(14-16-26)20-11-12-21(28)27(24-20)19-5-3-2-4-6-19/h2-12H,13-16H2,1H3,(H,23,29). The van der Waals surface area contributed by atoms with Crippen molar-refractivity contribution in [2.75, 3.05) is 36.4 Å². The second-order valence-electron chi connectivity index (χ2n) is 7.05. The smallest absolute Gasteiger partial charge is 0.321 e. The topological polar surface area (TPSA) is 70.5 Å². The molecule has 7 nitrogen and oxygen atoms in total. The van der Waals surface area contributed by atoms with Crippen LogP contribution in [-0.4, -0.2) is 46.9 Å². The number of amides is 2. The maximum absolute atomic E-state index is 12.5. The predicted octanol–water partition coefficient (Wildman–Crippen LogP) is 2.90. The van der Waals surface area contributed by atoms with Gasteiger partial charge in [-0.25, -0.2) is 4.79 Å². The van der Waals surface area contributed by atoms with Crippen LogP contribution in [0.5, 0.6) is 0 Å². The number of urea groups is 1. The first-order chi connectivity index (χ1) is 14.1. The molecule has 0 atom stereocenters. The molecule has 1 fully saturated rings. The molecule has 29 heavy (non-hydrogen) atoms. The molecular weight excluding hydrogens is 366 g/mol. The predicted molar refractivity (Wildman–Crippen MR) is 114 cm³/mol. The summed E-state index contributed by atoms with van der Waals surface area (Å²) in [6, 6.07) is 20.3. The number of piperazine rings is 1. The fourth-order valence-electron chi connectivity index (χ4n) is 3.30. The van der Waals surface area contributed by atoms with Crippen LogP contribution in [0, 0.1) is 6.92 Å². The number of para-hydroxylation sites is 1. The van der Waals surface area contributed by atoms with E-state index in [2.05, 4.69) is 15.3 Å². The lowest BCUT2D eigenvalue weighted by atomic mass is 10.2. The minimum Gasteiger partial charge on any atom is -0.352 e. The molecule has 2 aromatic carbocycles. The van der Waals surface area contributed by atoms with Crippen molar-refractivity contribution in [2.45, 2.75) is 6.92 Å². The van der Waals surface area contributed by atoms with Crippen LogP contribution in [0.1, 0.15) is 5.56 Å². The van der Waals surface area contributed by atoms with Crippen LogP contribution in [0.25, 0.3) is 5.69 Å². The maximum atomic E-state index is 12.5. The van der Waals surface area contributed by atoms with Gasteiger partial charge in [0.2, 0.25) is 0 Å². The highest BCUT2D eigenvalue weighted by Gasteiger charge is 2.22. The fraction of sp³-hybridized carbons (Fsp3) is 0.227. The van der Waals surface area contributed by atoms with E-state index >= 15 is 0 Å². The molecule has 0 saturated carbocycles. The summed E-state index contributed by atoms with van der Waals surface area (Å²) in [5, 5.41) is 7.46. The van der Waals surface area contributed by atoms with Gasteiger partial charge in [0.05, 0.1) is 5.69 Å². The first kappa shape index (κ1) is 18.7. The normalized spacial score (nSPS) is 14.0. The average Bonchev–Trinajstić information content (AvgIpc) is 2.76. The molecule has 0 unspecified atom stereocenters. The second kappa shape index (κ2) is 8.18. The van der Waals surface area contributed by atoms with Crippen LogP contribution in [0.4, 0.5) is 16.3 Å². The lowest BCUT2D eigenvalue weighted by Gasteiger charge is -2.35. The second-order valence-corrected chi connectivity index (χ2v) is 7.05. The number of aryl methyl sites for hydroxylation is 1. The molecule has 148 valence electrons. The van der Waals surface area contributed by atoms with Gasteiger partial charge in [0.25, 0.3) is 5.56 Å². The van der Waals surface area contributed by atoms with E-state index < -0.39 is 0 Å². The van der Waals surface area contributed by atoms with Gasteiger partial charge >= 0.3 is 6.03 Å². The van der Waals surface area contributed by atoms with Crippen LogP contribution in [-0.2, 0) is 0 Å². The molecule has 7 heteroatoms. The van der Waals surface area contributed by atoms with E-state index in [-0.39, 0.29) is 11.6 Å². The van der Waals surface area contributed by atoms with Crippen molar-refractivity contribution in [3.05, 3.63) is 82.6 Å². The number of aromatic nitrogens is 2. The Morgan fingerprint density at radius 3 is 2.28 bits per heavy atom. The fourth-order valence-corrected chi connectivity index (χ4v) is 3.30. The van der Waals surface area contributed by atoms with E-state index in [1.165, 1.54) is 10.7 Å². The van der Waals surface area contributed by atoms with Crippen molar-refractivity contribution in [1.29, 1.82) is 0 Å². The SMILES string of the molecule is Cc1ccc(NC(=O)N2CCN(c3ccc(=O)n(-c4ccccc4)n3)CC2)cc1. The molecule has 0 aliphatic carbocycles. The van der Waals surface area contributed by atoms with Gasteiger partial charge in [0.15, 0.2) is 0 Å². The van der Waals surface area contributed by atoms with Crippen molar-refractivity contribution in [2.24, 2.45) is 0 Å². The van der Waals surface area contributed by atoms with Crippen LogP contribution in [0.3, 0.4) is 0 Å². The molecule has 0 spiro atoms. The number of carbonyl (C=O) groups is 1. The van der Waals surface area contributed by atoms with Gasteiger partial charge in [0, 0.05) is 37.9 Å². The van der Waals surface area contributed by atoms with Crippen LogP contribution >= 0.6 is 0 Å². The summed E-state index contributed by atoms with van der Waals surface area (Å²) in [7, 11) is 0. The number of nitrogens with one attached hydrogen (secondary N) is 1. The number of benzene rings is 2. The van der Waals surface area contributed by atoms with E-state index in [4.69, 9.17) is 0 Å². The summed E-state index contributed by atoms with van der Waals surface area (Å²) >= 11 is 0. The molecule has 1 aliphatic heterocycles. The van der Waals surface area contributed by atoms with E-state index in [9.17, 15) is 9.59 Å². The first-order valence-corrected chi connectivity index (χ1v) is 9.63. The largest absolute Gasteiger partial charge is 0.352 e. The van der Waals surface area contributed by atoms with Crippen molar-refractivity contribution < 1.29 is 4.79 Å². The zero-order chi connectivity index (χ0) is 20.2. The number of anilines is 2. The third kappa shape index (κ3) is 4.29. The zero-order valence-electron chi connectivity index (χ0n) is 16.3. The van der Waals surface area contributed by atoms with Crippen molar-refractivity contribution in [1.82, 2.24) is 14.7 Å². The average molecular weight is 389 g/mol. The quantitative estimate of drug-likeness (QED) is 0.748. The number of hydrogen-bond donors (Lipinski definition) is 1. The van der Waals surface area contributed by atoms with Crippen molar-refractivity contribution in [3.63, 3.8) is 0 Å². The third-order valence-electron chi connectivity index (χ3n) is 4.98. The van der Waals surface area contributed by atoms with E-state index in [0.29, 0.717) is 26.2 Å². The maximum Gasteiger partial charge on any atom is 0.321 e. The highest BCUT2D eigenvalue weighted by atomic mass is 16.2. The Bertz CT molecular complexity index is 1040. The summed E-state index contributed by atoms with van der Waals surface area (Å²) in [4.78, 5) is 28.6. The van der Waals surface area contributed by atoms with Gasteiger partial charge in [-0.1, -0.05) is 35.9 Å². The minimum absolute atomic E-state index is 0.101. The van der Waals surface area contributed by atoms with Crippen LogP contribution in [0.2, 0.25) is 0 Å². The van der Waals surface area contributed by atoms with Gasteiger partial charge in [0.1, 0.15) is 5.82 Å². The van der Waals surface area contributed by atoms with E-state index in [0.717, 1.165) is 22.8 Å². The number of rotatable bonds is 3. The molecular formula is C22H23N5O2. The Labute approximate surface area is 169 Å². The lowest BCUT2D eigenvalue weighted by molar-refractivity contribution is 0.208. The van der Waals surface area contributed by atoms with Gasteiger partial charge in [-0.15, -0.1) is 5.10 Å². The monoisotopic (exact) mass is 389 g/mol. The van der Waals surface area contributed by atoms with Crippen LogP contribution < -0.4 is 15.8 Å². The van der Waals surface area contributed by atoms with E-state index in [1.54, 1.807) is 11.0 Å². The Morgan fingerprint density at radius 2 is 1.59 bits per heavy atom. The molecule has 1 N–H and O–H groups in total. The molecule has 4 rings (SSSR count). The van der Waals surface area contributed by atoms with Gasteiger partial charge in [-0.2, -0.15) is 4.68 Å². The summed E-state index contributed by atoms with van der Waals surface area (Å²) < 4.78 is 1.41. The molecule has 0 bridgehead atoms. The summed E-state index contributed by atoms with van der Waals surface area (Å²) in [5.41, 5.74) is 2.51. The molecule has 1 aliphatic rings.